The predicted molar refractivity (Wildman–Crippen MR) is 66.7 cm³/mol. The molecular formula is C13H15F3N2O2. The summed E-state index contributed by atoms with van der Waals surface area (Å²) in [5.74, 6) is -1.00. The van der Waals surface area contributed by atoms with Gasteiger partial charge in [0, 0.05) is 26.2 Å². The van der Waals surface area contributed by atoms with Gasteiger partial charge in [-0.25, -0.2) is 0 Å². The number of carbonyl (C=O) groups excluding carboxylic acids is 1. The first-order valence-electron chi connectivity index (χ1n) is 6.24. The van der Waals surface area contributed by atoms with Gasteiger partial charge in [-0.1, -0.05) is 0 Å². The molecule has 2 N–H and O–H groups in total. The van der Waals surface area contributed by atoms with Crippen LogP contribution >= 0.6 is 0 Å². The fourth-order valence-corrected chi connectivity index (χ4v) is 2.10. The number of piperazine rings is 1. The summed E-state index contributed by atoms with van der Waals surface area (Å²) < 4.78 is 37.4. The molecule has 7 heteroatoms. The van der Waals surface area contributed by atoms with E-state index in [-0.39, 0.29) is 17.9 Å². The second-order valence-electron chi connectivity index (χ2n) is 4.68. The lowest BCUT2D eigenvalue weighted by molar-refractivity contribution is -0.137. The number of nitrogens with one attached hydrogen (secondary N) is 1. The lowest BCUT2D eigenvalue weighted by Crippen LogP contribution is -2.45. The van der Waals surface area contributed by atoms with Gasteiger partial charge < -0.3 is 10.4 Å². The maximum Gasteiger partial charge on any atom is 0.416 e. The van der Waals surface area contributed by atoms with Crippen molar-refractivity contribution >= 4 is 5.78 Å². The van der Waals surface area contributed by atoms with Crippen LogP contribution in [0.2, 0.25) is 0 Å². The van der Waals surface area contributed by atoms with E-state index in [9.17, 15) is 23.1 Å². The van der Waals surface area contributed by atoms with Crippen LogP contribution < -0.4 is 5.32 Å². The Labute approximate surface area is 114 Å². The Morgan fingerprint density at radius 3 is 2.50 bits per heavy atom. The molecule has 1 saturated heterocycles. The minimum absolute atomic E-state index is 0.0727. The molecule has 1 aliphatic rings. The summed E-state index contributed by atoms with van der Waals surface area (Å²) >= 11 is 0. The summed E-state index contributed by atoms with van der Waals surface area (Å²) in [6.07, 6.45) is -4.53. The highest BCUT2D eigenvalue weighted by Crippen LogP contribution is 2.32. The standard InChI is InChI=1S/C13H15F3N2O2/c14-13(15,16)9-1-2-10(11(19)7-9)12(20)8-18-5-3-17-4-6-18/h1-2,7,17,19H,3-6,8H2. The molecular weight excluding hydrogens is 273 g/mol. The monoisotopic (exact) mass is 288 g/mol. The zero-order valence-corrected chi connectivity index (χ0v) is 10.7. The highest BCUT2D eigenvalue weighted by molar-refractivity contribution is 6.00. The van der Waals surface area contributed by atoms with Gasteiger partial charge in [-0.05, 0) is 18.2 Å². The Bertz CT molecular complexity index is 497. The highest BCUT2D eigenvalue weighted by Gasteiger charge is 2.31. The van der Waals surface area contributed by atoms with Crippen molar-refractivity contribution in [3.05, 3.63) is 29.3 Å². The molecule has 4 nitrogen and oxygen atoms in total. The van der Waals surface area contributed by atoms with Gasteiger partial charge >= 0.3 is 6.18 Å². The maximum absolute atomic E-state index is 12.5. The molecule has 0 aromatic heterocycles. The van der Waals surface area contributed by atoms with Crippen LogP contribution in [0.15, 0.2) is 18.2 Å². The summed E-state index contributed by atoms with van der Waals surface area (Å²) in [7, 11) is 0. The topological polar surface area (TPSA) is 52.6 Å². The number of carbonyl (C=O) groups is 1. The molecule has 0 spiro atoms. The summed E-state index contributed by atoms with van der Waals surface area (Å²) in [6.45, 7) is 3.04. The van der Waals surface area contributed by atoms with Crippen molar-refractivity contribution in [1.82, 2.24) is 10.2 Å². The number of hydrogen-bond donors (Lipinski definition) is 2. The first-order valence-corrected chi connectivity index (χ1v) is 6.24. The minimum atomic E-state index is -4.53. The molecule has 0 atom stereocenters. The van der Waals surface area contributed by atoms with E-state index in [1.807, 2.05) is 4.90 Å². The number of phenolic OH excluding ortho intramolecular Hbond substituents is 1. The number of Topliss-reactive ketones (excluding diaryl/α,β-unsaturated/α-hetero) is 1. The molecule has 0 bridgehead atoms. The lowest BCUT2D eigenvalue weighted by atomic mass is 10.1. The van der Waals surface area contributed by atoms with Crippen LogP contribution in [0.3, 0.4) is 0 Å². The largest absolute Gasteiger partial charge is 0.507 e. The van der Waals surface area contributed by atoms with E-state index in [0.717, 1.165) is 25.2 Å². The number of aromatic hydroxyl groups is 1. The summed E-state index contributed by atoms with van der Waals surface area (Å²) in [4.78, 5) is 13.9. The van der Waals surface area contributed by atoms with Gasteiger partial charge in [-0.15, -0.1) is 0 Å². The molecule has 1 fully saturated rings. The van der Waals surface area contributed by atoms with Gasteiger partial charge in [0.15, 0.2) is 5.78 Å². The third kappa shape index (κ3) is 3.49. The van der Waals surface area contributed by atoms with Crippen molar-refractivity contribution < 1.29 is 23.1 Å². The van der Waals surface area contributed by atoms with E-state index >= 15 is 0 Å². The smallest absolute Gasteiger partial charge is 0.416 e. The molecule has 0 saturated carbocycles. The first-order chi connectivity index (χ1) is 9.38. The van der Waals surface area contributed by atoms with Gasteiger partial charge in [-0.2, -0.15) is 13.2 Å². The summed E-state index contributed by atoms with van der Waals surface area (Å²) in [5, 5.41) is 12.7. The minimum Gasteiger partial charge on any atom is -0.507 e. The van der Waals surface area contributed by atoms with Crippen LogP contribution in [0, 0.1) is 0 Å². The molecule has 0 radical (unpaired) electrons. The van der Waals surface area contributed by atoms with Gasteiger partial charge in [0.25, 0.3) is 0 Å². The summed E-state index contributed by atoms with van der Waals surface area (Å²) in [6, 6.07) is 2.43. The molecule has 0 unspecified atom stereocenters. The lowest BCUT2D eigenvalue weighted by Gasteiger charge is -2.26. The average Bonchev–Trinajstić information content (AvgIpc) is 2.38. The van der Waals surface area contributed by atoms with E-state index in [4.69, 9.17) is 0 Å². The van der Waals surface area contributed by atoms with Crippen molar-refractivity contribution in [1.29, 1.82) is 0 Å². The molecule has 1 aromatic carbocycles. The van der Waals surface area contributed by atoms with Crippen LogP contribution in [-0.2, 0) is 6.18 Å². The van der Waals surface area contributed by atoms with Gasteiger partial charge in [-0.3, -0.25) is 9.69 Å². The number of ketones is 1. The van der Waals surface area contributed by atoms with Crippen LogP contribution in [0.5, 0.6) is 5.75 Å². The molecule has 20 heavy (non-hydrogen) atoms. The van der Waals surface area contributed by atoms with Gasteiger partial charge in [0.1, 0.15) is 5.75 Å². The van der Waals surface area contributed by atoms with E-state index in [1.165, 1.54) is 0 Å². The normalized spacial score (nSPS) is 17.1. The highest BCUT2D eigenvalue weighted by atomic mass is 19.4. The van der Waals surface area contributed by atoms with Crippen molar-refractivity contribution in [2.75, 3.05) is 32.7 Å². The van der Waals surface area contributed by atoms with Crippen LogP contribution in [0.25, 0.3) is 0 Å². The molecule has 1 aromatic rings. The Balaban J connectivity index is 2.10. The van der Waals surface area contributed by atoms with Crippen molar-refractivity contribution in [2.45, 2.75) is 6.18 Å². The Morgan fingerprint density at radius 1 is 1.30 bits per heavy atom. The molecule has 110 valence electrons. The van der Waals surface area contributed by atoms with E-state index in [2.05, 4.69) is 5.32 Å². The zero-order valence-electron chi connectivity index (χ0n) is 10.7. The van der Waals surface area contributed by atoms with Crippen molar-refractivity contribution in [2.24, 2.45) is 0 Å². The Hall–Kier alpha value is -1.60. The second-order valence-corrected chi connectivity index (χ2v) is 4.68. The average molecular weight is 288 g/mol. The molecule has 1 heterocycles. The number of benzene rings is 1. The predicted octanol–water partition coefficient (Wildman–Crippen LogP) is 1.50. The van der Waals surface area contributed by atoms with Gasteiger partial charge in [0.2, 0.25) is 0 Å². The number of rotatable bonds is 3. The molecule has 0 amide bonds. The summed E-state index contributed by atoms with van der Waals surface area (Å²) in [5.41, 5.74) is -1.04. The van der Waals surface area contributed by atoms with Crippen LogP contribution in [0.4, 0.5) is 13.2 Å². The van der Waals surface area contributed by atoms with Crippen LogP contribution in [-0.4, -0.2) is 48.5 Å². The third-order valence-corrected chi connectivity index (χ3v) is 3.20. The van der Waals surface area contributed by atoms with E-state index in [0.29, 0.717) is 19.2 Å². The first kappa shape index (κ1) is 14.8. The molecule has 1 aliphatic heterocycles. The quantitative estimate of drug-likeness (QED) is 0.828. The number of nitrogens with zero attached hydrogens (tertiary/aromatic N) is 1. The number of halogens is 3. The number of phenols is 1. The van der Waals surface area contributed by atoms with Crippen molar-refractivity contribution in [3.63, 3.8) is 0 Å². The van der Waals surface area contributed by atoms with Gasteiger partial charge in [0.05, 0.1) is 17.7 Å². The molecule has 0 aliphatic carbocycles. The van der Waals surface area contributed by atoms with Crippen molar-refractivity contribution in [3.8, 4) is 5.75 Å². The fraction of sp³-hybridized carbons (Fsp3) is 0.462. The molecule has 2 rings (SSSR count). The fourth-order valence-electron chi connectivity index (χ4n) is 2.10. The maximum atomic E-state index is 12.5. The second kappa shape index (κ2) is 5.80. The number of hydrogen-bond acceptors (Lipinski definition) is 4. The number of alkyl halides is 3. The Morgan fingerprint density at radius 2 is 1.95 bits per heavy atom. The van der Waals surface area contributed by atoms with Crippen LogP contribution in [0.1, 0.15) is 15.9 Å². The Kier molecular flexibility index (Phi) is 4.29. The zero-order chi connectivity index (χ0) is 14.8. The van der Waals surface area contributed by atoms with E-state index in [1.54, 1.807) is 0 Å². The van der Waals surface area contributed by atoms with E-state index < -0.39 is 17.5 Å². The SMILES string of the molecule is O=C(CN1CCNCC1)c1ccc(C(F)(F)F)cc1O. The third-order valence-electron chi connectivity index (χ3n) is 3.20.